The van der Waals surface area contributed by atoms with Crippen molar-refractivity contribution in [2.24, 2.45) is 0 Å². The molecule has 0 amide bonds. The first-order valence-corrected chi connectivity index (χ1v) is 2.21. The van der Waals surface area contributed by atoms with Crippen LogP contribution in [-0.4, -0.2) is 40.1 Å². The Balaban J connectivity index is 0. The number of hydrogen-bond acceptors (Lipinski definition) is 3. The average molecular weight is 124 g/mol. The Morgan fingerprint density at radius 2 is 1.75 bits per heavy atom. The van der Waals surface area contributed by atoms with Crippen molar-refractivity contribution in [3.05, 3.63) is 0 Å². The van der Waals surface area contributed by atoms with Gasteiger partial charge in [-0.3, -0.25) is 0 Å². The average Bonchev–Trinajstić information content (AvgIpc) is 1.68. The Morgan fingerprint density at radius 3 is 1.88 bits per heavy atom. The van der Waals surface area contributed by atoms with Crippen LogP contribution in [0.15, 0.2) is 0 Å². The first-order chi connectivity index (χ1) is 3.31. The van der Waals surface area contributed by atoms with Gasteiger partial charge in [-0.15, -0.1) is 0 Å². The van der Waals surface area contributed by atoms with Crippen LogP contribution in [-0.2, 0) is 0 Å². The van der Waals surface area contributed by atoms with Gasteiger partial charge in [0.1, 0.15) is 0 Å². The maximum absolute atomic E-state index is 8.45. The molecule has 52 valence electrons. The molecule has 0 spiro atoms. The lowest BCUT2D eigenvalue weighted by atomic mass is 10.3. The fraction of sp³-hybridized carbons (Fsp3) is 1.00. The lowest BCUT2D eigenvalue weighted by Crippen LogP contribution is -2.12. The Bertz CT molecular complexity index is 39.0. The van der Waals surface area contributed by atoms with E-state index in [4.69, 9.17) is 15.3 Å². The molecule has 0 aromatic rings. The molecule has 8 heavy (non-hydrogen) atoms. The molecule has 5 N–H and O–H groups in total. The van der Waals surface area contributed by atoms with Gasteiger partial charge in [-0.05, 0) is 6.42 Å². The molecule has 1 unspecified atom stereocenters. The van der Waals surface area contributed by atoms with Crippen molar-refractivity contribution < 1.29 is 20.8 Å². The van der Waals surface area contributed by atoms with Gasteiger partial charge in [0.15, 0.2) is 0 Å². The summed E-state index contributed by atoms with van der Waals surface area (Å²) in [6.45, 7) is -0.331. The molecule has 0 rings (SSSR count). The molecule has 0 aromatic heterocycles. The Morgan fingerprint density at radius 1 is 1.25 bits per heavy atom. The maximum Gasteiger partial charge on any atom is 0.0792 e. The van der Waals surface area contributed by atoms with Crippen LogP contribution in [0.25, 0.3) is 0 Å². The molecule has 0 radical (unpaired) electrons. The van der Waals surface area contributed by atoms with Gasteiger partial charge in [0.25, 0.3) is 0 Å². The lowest BCUT2D eigenvalue weighted by Gasteiger charge is -2.00. The van der Waals surface area contributed by atoms with E-state index in [9.17, 15) is 0 Å². The summed E-state index contributed by atoms with van der Waals surface area (Å²) in [5.74, 6) is 0. The molecular formula is C4H12O4. The molecule has 4 heteroatoms. The highest BCUT2D eigenvalue weighted by Gasteiger charge is 1.96. The highest BCUT2D eigenvalue weighted by atomic mass is 16.3. The molecule has 0 aliphatic carbocycles. The molecule has 0 aliphatic heterocycles. The number of aliphatic hydroxyl groups is 3. The molecule has 0 aromatic carbocycles. The highest BCUT2D eigenvalue weighted by Crippen LogP contribution is 1.84. The van der Waals surface area contributed by atoms with E-state index in [0.29, 0.717) is 0 Å². The van der Waals surface area contributed by atoms with E-state index in [-0.39, 0.29) is 25.1 Å². The van der Waals surface area contributed by atoms with E-state index in [2.05, 4.69) is 0 Å². The van der Waals surface area contributed by atoms with Crippen LogP contribution in [0.1, 0.15) is 6.42 Å². The summed E-state index contributed by atoms with van der Waals surface area (Å²) < 4.78 is 0. The largest absolute Gasteiger partial charge is 0.412 e. The monoisotopic (exact) mass is 124 g/mol. The first kappa shape index (κ1) is 10.8. The Kier molecular flexibility index (Phi) is 9.20. The standard InChI is InChI=1S/C4H10O3.H2O/c5-2-1-4(7)3-6;/h4-7H,1-3H2;1H2. The van der Waals surface area contributed by atoms with Crippen molar-refractivity contribution in [1.29, 1.82) is 0 Å². The van der Waals surface area contributed by atoms with E-state index >= 15 is 0 Å². The predicted octanol–water partition coefficient (Wildman–Crippen LogP) is -2.10. The van der Waals surface area contributed by atoms with Crippen LogP contribution < -0.4 is 0 Å². The molecule has 0 saturated heterocycles. The summed E-state index contributed by atoms with van der Waals surface area (Å²) in [7, 11) is 0. The van der Waals surface area contributed by atoms with Gasteiger partial charge in [-0.25, -0.2) is 0 Å². The summed E-state index contributed by atoms with van der Waals surface area (Å²) in [5, 5.41) is 24.6. The van der Waals surface area contributed by atoms with Crippen molar-refractivity contribution in [2.75, 3.05) is 13.2 Å². The van der Waals surface area contributed by atoms with Crippen molar-refractivity contribution in [2.45, 2.75) is 12.5 Å². The minimum Gasteiger partial charge on any atom is -0.412 e. The van der Waals surface area contributed by atoms with Crippen LogP contribution >= 0.6 is 0 Å². The van der Waals surface area contributed by atoms with Crippen molar-refractivity contribution in [3.63, 3.8) is 0 Å². The normalized spacial score (nSPS) is 12.4. The molecule has 0 aliphatic rings. The summed E-state index contributed by atoms with van der Waals surface area (Å²) in [5.41, 5.74) is 0. The van der Waals surface area contributed by atoms with E-state index in [1.165, 1.54) is 0 Å². The van der Waals surface area contributed by atoms with Gasteiger partial charge in [0.2, 0.25) is 0 Å². The second-order valence-corrected chi connectivity index (χ2v) is 1.35. The van der Waals surface area contributed by atoms with Crippen LogP contribution in [0.2, 0.25) is 0 Å². The Labute approximate surface area is 47.7 Å². The van der Waals surface area contributed by atoms with Gasteiger partial charge < -0.3 is 20.8 Å². The molecule has 0 bridgehead atoms. The lowest BCUT2D eigenvalue weighted by molar-refractivity contribution is 0.0721. The molecule has 0 fully saturated rings. The summed E-state index contributed by atoms with van der Waals surface area (Å²) in [6.07, 6.45) is -0.485. The van der Waals surface area contributed by atoms with E-state index < -0.39 is 6.10 Å². The van der Waals surface area contributed by atoms with Gasteiger partial charge in [0, 0.05) is 6.61 Å². The molecular weight excluding hydrogens is 112 g/mol. The second kappa shape index (κ2) is 6.84. The van der Waals surface area contributed by atoms with Gasteiger partial charge >= 0.3 is 0 Å². The number of rotatable bonds is 3. The summed E-state index contributed by atoms with van der Waals surface area (Å²) in [6, 6.07) is 0. The fourth-order valence-electron chi connectivity index (χ4n) is 0.240. The summed E-state index contributed by atoms with van der Waals surface area (Å²) in [4.78, 5) is 0. The second-order valence-electron chi connectivity index (χ2n) is 1.35. The molecule has 0 heterocycles. The molecule has 4 nitrogen and oxygen atoms in total. The van der Waals surface area contributed by atoms with Crippen LogP contribution in [0.3, 0.4) is 0 Å². The third-order valence-electron chi connectivity index (χ3n) is 0.673. The minimum absolute atomic E-state index is 0. The zero-order valence-electron chi connectivity index (χ0n) is 4.54. The quantitative estimate of drug-likeness (QED) is 0.402. The molecule has 0 saturated carbocycles. The Hall–Kier alpha value is -0.160. The first-order valence-electron chi connectivity index (χ1n) is 2.21. The summed E-state index contributed by atoms with van der Waals surface area (Å²) >= 11 is 0. The van der Waals surface area contributed by atoms with Crippen LogP contribution in [0, 0.1) is 0 Å². The van der Waals surface area contributed by atoms with Crippen LogP contribution in [0.5, 0.6) is 0 Å². The molecule has 1 atom stereocenters. The van der Waals surface area contributed by atoms with Crippen LogP contribution in [0.4, 0.5) is 0 Å². The van der Waals surface area contributed by atoms with Gasteiger partial charge in [-0.2, -0.15) is 0 Å². The minimum atomic E-state index is -0.745. The van der Waals surface area contributed by atoms with E-state index in [1.54, 1.807) is 0 Å². The number of hydrogen-bond donors (Lipinski definition) is 3. The highest BCUT2D eigenvalue weighted by molar-refractivity contribution is 4.48. The van der Waals surface area contributed by atoms with Gasteiger partial charge in [0.05, 0.1) is 12.7 Å². The van der Waals surface area contributed by atoms with E-state index in [1.807, 2.05) is 0 Å². The van der Waals surface area contributed by atoms with Crippen molar-refractivity contribution >= 4 is 0 Å². The third-order valence-corrected chi connectivity index (χ3v) is 0.673. The topological polar surface area (TPSA) is 92.2 Å². The van der Waals surface area contributed by atoms with Gasteiger partial charge in [-0.1, -0.05) is 0 Å². The SMILES string of the molecule is O.OCCC(O)CO. The smallest absolute Gasteiger partial charge is 0.0792 e. The van der Waals surface area contributed by atoms with Crippen molar-refractivity contribution in [3.8, 4) is 0 Å². The van der Waals surface area contributed by atoms with E-state index in [0.717, 1.165) is 0 Å². The third kappa shape index (κ3) is 5.84. The maximum atomic E-state index is 8.45. The fourth-order valence-corrected chi connectivity index (χ4v) is 0.240. The van der Waals surface area contributed by atoms with Crippen molar-refractivity contribution in [1.82, 2.24) is 0 Å². The predicted molar refractivity (Wildman–Crippen MR) is 28.4 cm³/mol. The number of aliphatic hydroxyl groups excluding tert-OH is 3. The zero-order chi connectivity index (χ0) is 5.70. The zero-order valence-corrected chi connectivity index (χ0v) is 4.54.